The van der Waals surface area contributed by atoms with Gasteiger partial charge in [0.2, 0.25) is 5.91 Å². The average Bonchev–Trinajstić information content (AvgIpc) is 3.09. The molecule has 1 atom stereocenters. The number of anilines is 1. The van der Waals surface area contributed by atoms with E-state index in [1.807, 2.05) is 41.8 Å². The quantitative estimate of drug-likeness (QED) is 0.840. The van der Waals surface area contributed by atoms with Gasteiger partial charge in [-0.15, -0.1) is 0 Å². The van der Waals surface area contributed by atoms with Crippen molar-refractivity contribution < 1.29 is 14.7 Å². The second kappa shape index (κ2) is 8.18. The van der Waals surface area contributed by atoms with Crippen LogP contribution in [0.1, 0.15) is 32.3 Å². The highest BCUT2D eigenvalue weighted by Gasteiger charge is 2.33. The zero-order chi connectivity index (χ0) is 18.7. The molecule has 6 nitrogen and oxygen atoms in total. The number of nitrogens with zero attached hydrogens (tertiary/aromatic N) is 3. The third-order valence-electron chi connectivity index (χ3n) is 5.82. The van der Waals surface area contributed by atoms with Crippen LogP contribution in [0, 0.1) is 0 Å². The fourth-order valence-corrected chi connectivity index (χ4v) is 4.26. The van der Waals surface area contributed by atoms with Crippen LogP contribution in [0.5, 0.6) is 0 Å². The second-order valence-electron chi connectivity index (χ2n) is 7.27. The second-order valence-corrected chi connectivity index (χ2v) is 7.27. The van der Waals surface area contributed by atoms with E-state index in [2.05, 4.69) is 11.0 Å². The summed E-state index contributed by atoms with van der Waals surface area (Å²) in [5.74, 6) is -0.600. The Balaban J connectivity index is 1.58. The predicted octanol–water partition coefficient (Wildman–Crippen LogP) is 1.84. The largest absolute Gasteiger partial charge is 0.480 e. The zero-order valence-electron chi connectivity index (χ0n) is 15.7. The van der Waals surface area contributed by atoms with Crippen LogP contribution in [0.2, 0.25) is 0 Å². The van der Waals surface area contributed by atoms with Crippen molar-refractivity contribution in [1.29, 1.82) is 0 Å². The summed E-state index contributed by atoms with van der Waals surface area (Å²) in [5, 5.41) is 9.06. The van der Waals surface area contributed by atoms with Crippen LogP contribution >= 0.6 is 0 Å². The number of carbonyl (C=O) groups is 2. The van der Waals surface area contributed by atoms with Gasteiger partial charge in [-0.25, -0.2) is 0 Å². The minimum absolute atomic E-state index is 0.0974. The highest BCUT2D eigenvalue weighted by molar-refractivity contribution is 5.98. The molecule has 3 rings (SSSR count). The predicted molar refractivity (Wildman–Crippen MR) is 101 cm³/mol. The Morgan fingerprint density at radius 2 is 1.92 bits per heavy atom. The van der Waals surface area contributed by atoms with Crippen molar-refractivity contribution in [2.45, 2.75) is 45.2 Å². The van der Waals surface area contributed by atoms with E-state index in [0.717, 1.165) is 51.1 Å². The molecule has 0 aromatic heterocycles. The van der Waals surface area contributed by atoms with Crippen molar-refractivity contribution >= 4 is 17.6 Å². The monoisotopic (exact) mass is 359 g/mol. The summed E-state index contributed by atoms with van der Waals surface area (Å²) in [6.45, 7) is 7.29. The molecule has 6 heteroatoms. The molecule has 2 heterocycles. The molecule has 0 saturated carbocycles. The van der Waals surface area contributed by atoms with Crippen molar-refractivity contribution in [3.05, 3.63) is 29.8 Å². The SMILES string of the molecule is CCN(CC(=O)O)C1CCN(C(C)C(=O)N2CCc3ccccc32)CC1. The Kier molecular flexibility index (Phi) is 5.94. The third-order valence-corrected chi connectivity index (χ3v) is 5.82. The Labute approximate surface area is 155 Å². The van der Waals surface area contributed by atoms with E-state index in [1.165, 1.54) is 5.56 Å². The molecule has 26 heavy (non-hydrogen) atoms. The first-order chi connectivity index (χ1) is 12.5. The van der Waals surface area contributed by atoms with Crippen molar-refractivity contribution in [3.8, 4) is 0 Å². The number of hydrogen-bond acceptors (Lipinski definition) is 4. The summed E-state index contributed by atoms with van der Waals surface area (Å²) in [5.41, 5.74) is 2.30. The van der Waals surface area contributed by atoms with Crippen LogP contribution in [-0.2, 0) is 16.0 Å². The van der Waals surface area contributed by atoms with Crippen LogP contribution in [0.4, 0.5) is 5.69 Å². The maximum atomic E-state index is 13.0. The summed E-state index contributed by atoms with van der Waals surface area (Å²) in [4.78, 5) is 30.2. The topological polar surface area (TPSA) is 64.1 Å². The lowest BCUT2D eigenvalue weighted by Gasteiger charge is -2.40. The van der Waals surface area contributed by atoms with Gasteiger partial charge in [0.15, 0.2) is 0 Å². The molecule has 1 saturated heterocycles. The van der Waals surface area contributed by atoms with Gasteiger partial charge in [0.1, 0.15) is 0 Å². The maximum absolute atomic E-state index is 13.0. The number of carbonyl (C=O) groups excluding carboxylic acids is 1. The number of carboxylic acid groups (broad SMARTS) is 1. The van der Waals surface area contributed by atoms with Gasteiger partial charge in [-0.2, -0.15) is 0 Å². The van der Waals surface area contributed by atoms with E-state index in [-0.39, 0.29) is 18.5 Å². The lowest BCUT2D eigenvalue weighted by Crippen LogP contribution is -2.53. The molecular weight excluding hydrogens is 330 g/mol. The number of hydrogen-bond donors (Lipinski definition) is 1. The zero-order valence-corrected chi connectivity index (χ0v) is 15.7. The molecule has 1 N–H and O–H groups in total. The molecule has 1 amide bonds. The van der Waals surface area contributed by atoms with Crippen LogP contribution in [-0.4, -0.2) is 71.6 Å². The van der Waals surface area contributed by atoms with Crippen LogP contribution < -0.4 is 4.90 Å². The molecule has 0 spiro atoms. The Morgan fingerprint density at radius 1 is 1.23 bits per heavy atom. The number of likely N-dealkylation sites (N-methyl/N-ethyl adjacent to an activating group) is 1. The summed E-state index contributed by atoms with van der Waals surface area (Å²) >= 11 is 0. The fraction of sp³-hybridized carbons (Fsp3) is 0.600. The summed E-state index contributed by atoms with van der Waals surface area (Å²) in [6.07, 6.45) is 2.75. The van der Waals surface area contributed by atoms with Gasteiger partial charge in [-0.3, -0.25) is 19.4 Å². The van der Waals surface area contributed by atoms with E-state index in [9.17, 15) is 9.59 Å². The van der Waals surface area contributed by atoms with Gasteiger partial charge in [-0.05, 0) is 44.4 Å². The molecule has 1 fully saturated rings. The van der Waals surface area contributed by atoms with Crippen molar-refractivity contribution in [3.63, 3.8) is 0 Å². The highest BCUT2D eigenvalue weighted by atomic mass is 16.4. The molecule has 2 aliphatic rings. The molecule has 0 aliphatic carbocycles. The number of para-hydroxylation sites is 1. The molecule has 0 radical (unpaired) electrons. The number of amides is 1. The first kappa shape index (κ1) is 18.9. The lowest BCUT2D eigenvalue weighted by molar-refractivity contribution is -0.139. The Bertz CT molecular complexity index is 655. The molecule has 0 bridgehead atoms. The molecule has 2 aliphatic heterocycles. The minimum atomic E-state index is -0.773. The van der Waals surface area contributed by atoms with Gasteiger partial charge in [0.25, 0.3) is 0 Å². The molecular formula is C20H29N3O3. The number of carboxylic acids is 1. The first-order valence-electron chi connectivity index (χ1n) is 9.60. The van der Waals surface area contributed by atoms with Crippen LogP contribution in [0.3, 0.4) is 0 Å². The number of piperidine rings is 1. The number of rotatable bonds is 6. The Morgan fingerprint density at radius 3 is 2.58 bits per heavy atom. The lowest BCUT2D eigenvalue weighted by atomic mass is 10.0. The van der Waals surface area contributed by atoms with Gasteiger partial charge < -0.3 is 10.0 Å². The molecule has 1 aromatic rings. The van der Waals surface area contributed by atoms with E-state index in [4.69, 9.17) is 5.11 Å². The van der Waals surface area contributed by atoms with Gasteiger partial charge in [-0.1, -0.05) is 25.1 Å². The standard InChI is InChI=1S/C20H29N3O3/c1-3-21(14-19(24)25)17-9-11-22(12-10-17)15(2)20(26)23-13-8-16-6-4-5-7-18(16)23/h4-7,15,17H,3,8-14H2,1-2H3,(H,24,25). The van der Waals surface area contributed by atoms with Crippen molar-refractivity contribution in [2.24, 2.45) is 0 Å². The number of aliphatic carboxylic acids is 1. The normalized spacial score (nSPS) is 19.6. The number of fused-ring (bicyclic) bond motifs is 1. The summed E-state index contributed by atoms with van der Waals surface area (Å²) in [7, 11) is 0. The number of benzene rings is 1. The van der Waals surface area contributed by atoms with E-state index >= 15 is 0 Å². The van der Waals surface area contributed by atoms with E-state index < -0.39 is 5.97 Å². The van der Waals surface area contributed by atoms with Crippen molar-refractivity contribution in [2.75, 3.05) is 37.6 Å². The Hall–Kier alpha value is -1.92. The molecule has 1 aromatic carbocycles. The van der Waals surface area contributed by atoms with Gasteiger partial charge in [0, 0.05) is 31.4 Å². The summed E-state index contributed by atoms with van der Waals surface area (Å²) in [6, 6.07) is 8.30. The van der Waals surface area contributed by atoms with Gasteiger partial charge in [0.05, 0.1) is 12.6 Å². The smallest absolute Gasteiger partial charge is 0.317 e. The maximum Gasteiger partial charge on any atom is 0.317 e. The third kappa shape index (κ3) is 3.91. The summed E-state index contributed by atoms with van der Waals surface area (Å²) < 4.78 is 0. The van der Waals surface area contributed by atoms with E-state index in [0.29, 0.717) is 6.04 Å². The first-order valence-corrected chi connectivity index (χ1v) is 9.60. The van der Waals surface area contributed by atoms with E-state index in [1.54, 1.807) is 0 Å². The molecule has 1 unspecified atom stereocenters. The number of likely N-dealkylation sites (tertiary alicyclic amines) is 1. The highest BCUT2D eigenvalue weighted by Crippen LogP contribution is 2.29. The van der Waals surface area contributed by atoms with Crippen LogP contribution in [0.15, 0.2) is 24.3 Å². The van der Waals surface area contributed by atoms with Gasteiger partial charge >= 0.3 is 5.97 Å². The van der Waals surface area contributed by atoms with Crippen LogP contribution in [0.25, 0.3) is 0 Å². The average molecular weight is 359 g/mol. The molecule has 142 valence electrons. The minimum Gasteiger partial charge on any atom is -0.480 e. The van der Waals surface area contributed by atoms with Crippen molar-refractivity contribution in [1.82, 2.24) is 9.80 Å². The fourth-order valence-electron chi connectivity index (χ4n) is 4.26.